The van der Waals surface area contributed by atoms with Crippen LogP contribution >= 0.6 is 0 Å². The molecule has 3 aromatic carbocycles. The van der Waals surface area contributed by atoms with Gasteiger partial charge < -0.3 is 24.3 Å². The average molecular weight is 622 g/mol. The third kappa shape index (κ3) is 7.84. The Morgan fingerprint density at radius 3 is 1.90 bits per heavy atom. The van der Waals surface area contributed by atoms with E-state index in [-0.39, 0.29) is 34.4 Å². The molecule has 0 aliphatic carbocycles. The van der Waals surface area contributed by atoms with Crippen LogP contribution < -0.4 is 28.6 Å². The molecule has 0 fully saturated rings. The predicted molar refractivity (Wildman–Crippen MR) is 158 cm³/mol. The van der Waals surface area contributed by atoms with Crippen molar-refractivity contribution in [1.82, 2.24) is 9.62 Å². The highest BCUT2D eigenvalue weighted by Gasteiger charge is 2.28. The molecule has 0 bridgehead atoms. The zero-order valence-electron chi connectivity index (χ0n) is 24.1. The van der Waals surface area contributed by atoms with Gasteiger partial charge in [-0.15, -0.1) is 0 Å². The van der Waals surface area contributed by atoms with Gasteiger partial charge in [-0.2, -0.15) is 0 Å². The monoisotopic (exact) mass is 621 g/mol. The van der Waals surface area contributed by atoms with Gasteiger partial charge in [-0.1, -0.05) is 0 Å². The van der Waals surface area contributed by atoms with E-state index in [2.05, 4.69) is 5.32 Å². The van der Waals surface area contributed by atoms with Crippen LogP contribution in [0.4, 0.5) is 5.69 Å². The molecule has 3 aromatic rings. The summed E-state index contributed by atoms with van der Waals surface area (Å²) >= 11 is 0. The summed E-state index contributed by atoms with van der Waals surface area (Å²) in [6.07, 6.45) is 0. The van der Waals surface area contributed by atoms with Crippen LogP contribution in [0.25, 0.3) is 0 Å². The second-order valence-corrected chi connectivity index (χ2v) is 12.9. The van der Waals surface area contributed by atoms with Crippen LogP contribution in [-0.2, 0) is 24.8 Å². The minimum absolute atomic E-state index is 0.0665. The Kier molecular flexibility index (Phi) is 11.0. The second kappa shape index (κ2) is 14.2. The van der Waals surface area contributed by atoms with Gasteiger partial charge in [0.1, 0.15) is 24.7 Å². The van der Waals surface area contributed by atoms with E-state index in [0.717, 1.165) is 8.61 Å². The SMILES string of the molecule is CCOc1ccc(N(CC(=O)NCCOc2ccc(S(=O)(=O)N(C)C)cc2)S(=O)(=O)c2ccc(OC)c(OC)c2)cc1. The number of carbonyl (C=O) groups is 1. The summed E-state index contributed by atoms with van der Waals surface area (Å²) in [5, 5.41) is 2.66. The van der Waals surface area contributed by atoms with Crippen molar-refractivity contribution in [3.63, 3.8) is 0 Å². The van der Waals surface area contributed by atoms with E-state index in [9.17, 15) is 21.6 Å². The van der Waals surface area contributed by atoms with Crippen LogP contribution in [0.5, 0.6) is 23.0 Å². The summed E-state index contributed by atoms with van der Waals surface area (Å²) in [6.45, 7) is 1.90. The van der Waals surface area contributed by atoms with Gasteiger partial charge in [-0.25, -0.2) is 21.1 Å². The molecule has 1 amide bonds. The molecule has 0 atom stereocenters. The number of nitrogens with one attached hydrogen (secondary N) is 1. The molecule has 1 N–H and O–H groups in total. The lowest BCUT2D eigenvalue weighted by molar-refractivity contribution is -0.119. The van der Waals surface area contributed by atoms with Crippen molar-refractivity contribution < 1.29 is 40.6 Å². The number of anilines is 1. The maximum absolute atomic E-state index is 13.7. The Balaban J connectivity index is 1.73. The van der Waals surface area contributed by atoms with Gasteiger partial charge in [-0.05, 0) is 67.6 Å². The lowest BCUT2D eigenvalue weighted by atomic mass is 10.3. The number of sulfonamides is 2. The number of carbonyl (C=O) groups excluding carboxylic acids is 1. The van der Waals surface area contributed by atoms with Crippen molar-refractivity contribution in [1.29, 1.82) is 0 Å². The zero-order valence-corrected chi connectivity index (χ0v) is 25.7. The van der Waals surface area contributed by atoms with Gasteiger partial charge >= 0.3 is 0 Å². The molecule has 0 aromatic heterocycles. The molecule has 0 unspecified atom stereocenters. The molecular weight excluding hydrogens is 586 g/mol. The van der Waals surface area contributed by atoms with Gasteiger partial charge in [0.2, 0.25) is 15.9 Å². The molecule has 3 rings (SSSR count). The Hall–Kier alpha value is -4.01. The molecule has 14 heteroatoms. The largest absolute Gasteiger partial charge is 0.494 e. The summed E-state index contributed by atoms with van der Waals surface area (Å²) in [7, 11) is -2.05. The normalized spacial score (nSPS) is 11.6. The summed E-state index contributed by atoms with van der Waals surface area (Å²) in [4.78, 5) is 12.9. The third-order valence-corrected chi connectivity index (χ3v) is 9.56. The van der Waals surface area contributed by atoms with E-state index in [1.54, 1.807) is 24.3 Å². The van der Waals surface area contributed by atoms with E-state index >= 15 is 0 Å². The van der Waals surface area contributed by atoms with Crippen LogP contribution in [-0.4, -0.2) is 81.7 Å². The number of amides is 1. The van der Waals surface area contributed by atoms with Crippen molar-refractivity contribution in [3.05, 3.63) is 66.7 Å². The Bertz CT molecular complexity index is 1560. The van der Waals surface area contributed by atoms with Crippen molar-refractivity contribution in [2.75, 3.05) is 58.9 Å². The smallest absolute Gasteiger partial charge is 0.264 e. The van der Waals surface area contributed by atoms with Gasteiger partial charge in [0.25, 0.3) is 10.0 Å². The maximum Gasteiger partial charge on any atom is 0.264 e. The maximum atomic E-state index is 13.7. The summed E-state index contributed by atoms with van der Waals surface area (Å²) in [6, 6.07) is 16.4. The van der Waals surface area contributed by atoms with E-state index in [1.165, 1.54) is 70.8 Å². The number of rotatable bonds is 15. The van der Waals surface area contributed by atoms with Crippen molar-refractivity contribution in [2.45, 2.75) is 16.7 Å². The fraction of sp³-hybridized carbons (Fsp3) is 0.321. The van der Waals surface area contributed by atoms with E-state index in [0.29, 0.717) is 23.9 Å². The Labute approximate surface area is 246 Å². The first-order chi connectivity index (χ1) is 19.9. The van der Waals surface area contributed by atoms with Crippen LogP contribution in [0.2, 0.25) is 0 Å². The van der Waals surface area contributed by atoms with Crippen molar-refractivity contribution in [2.24, 2.45) is 0 Å². The summed E-state index contributed by atoms with van der Waals surface area (Å²) in [5.41, 5.74) is 0.257. The van der Waals surface area contributed by atoms with E-state index in [1.807, 2.05) is 6.92 Å². The van der Waals surface area contributed by atoms with Crippen LogP contribution in [0.3, 0.4) is 0 Å². The van der Waals surface area contributed by atoms with E-state index < -0.39 is 32.5 Å². The quantitative estimate of drug-likeness (QED) is 0.254. The van der Waals surface area contributed by atoms with Gasteiger partial charge in [-0.3, -0.25) is 9.10 Å². The number of methoxy groups -OCH3 is 2. The van der Waals surface area contributed by atoms with Gasteiger partial charge in [0.05, 0.1) is 42.8 Å². The van der Waals surface area contributed by atoms with Crippen LogP contribution in [0, 0.1) is 0 Å². The number of benzene rings is 3. The molecule has 0 saturated heterocycles. The highest BCUT2D eigenvalue weighted by Crippen LogP contribution is 2.32. The van der Waals surface area contributed by atoms with Gasteiger partial charge in [0.15, 0.2) is 11.5 Å². The highest BCUT2D eigenvalue weighted by molar-refractivity contribution is 7.92. The first-order valence-electron chi connectivity index (χ1n) is 12.8. The first kappa shape index (κ1) is 32.5. The lowest BCUT2D eigenvalue weighted by Crippen LogP contribution is -2.41. The zero-order chi connectivity index (χ0) is 30.9. The number of hydrogen-bond acceptors (Lipinski definition) is 9. The average Bonchev–Trinajstić information content (AvgIpc) is 2.98. The molecule has 0 spiro atoms. The molecule has 0 aliphatic heterocycles. The second-order valence-electron chi connectivity index (χ2n) is 8.91. The minimum Gasteiger partial charge on any atom is -0.494 e. The van der Waals surface area contributed by atoms with Crippen molar-refractivity contribution >= 4 is 31.6 Å². The summed E-state index contributed by atoms with van der Waals surface area (Å²) < 4.78 is 75.6. The number of nitrogens with zero attached hydrogens (tertiary/aromatic N) is 2. The van der Waals surface area contributed by atoms with Crippen LogP contribution in [0.1, 0.15) is 6.92 Å². The minimum atomic E-state index is -4.22. The lowest BCUT2D eigenvalue weighted by Gasteiger charge is -2.24. The van der Waals surface area contributed by atoms with E-state index in [4.69, 9.17) is 18.9 Å². The number of ether oxygens (including phenoxy) is 4. The highest BCUT2D eigenvalue weighted by atomic mass is 32.2. The topological polar surface area (TPSA) is 141 Å². The molecule has 0 saturated carbocycles. The predicted octanol–water partition coefficient (Wildman–Crippen LogP) is 2.74. The molecule has 228 valence electrons. The fourth-order valence-corrected chi connectivity index (χ4v) is 6.10. The first-order valence-corrected chi connectivity index (χ1v) is 15.7. The van der Waals surface area contributed by atoms with Gasteiger partial charge in [0, 0.05) is 20.2 Å². The fourth-order valence-electron chi connectivity index (χ4n) is 3.76. The number of hydrogen-bond donors (Lipinski definition) is 1. The van der Waals surface area contributed by atoms with Crippen LogP contribution in [0.15, 0.2) is 76.5 Å². The third-order valence-electron chi connectivity index (χ3n) is 5.96. The molecule has 12 nitrogen and oxygen atoms in total. The molecule has 0 aliphatic rings. The Morgan fingerprint density at radius 1 is 0.762 bits per heavy atom. The van der Waals surface area contributed by atoms with Crippen molar-refractivity contribution in [3.8, 4) is 23.0 Å². The molecule has 0 heterocycles. The molecular formula is C28H35N3O9S2. The summed E-state index contributed by atoms with van der Waals surface area (Å²) in [5.74, 6) is 0.978. The Morgan fingerprint density at radius 2 is 1.33 bits per heavy atom. The molecule has 0 radical (unpaired) electrons. The molecule has 42 heavy (non-hydrogen) atoms. The standard InChI is InChI=1S/C28H35N3O9S2/c1-6-39-22-9-7-21(8-10-22)31(42(35,36)25-15-16-26(37-4)27(19-25)38-5)20-28(32)29-17-18-40-23-11-13-24(14-12-23)41(33,34)30(2)3/h7-16,19H,6,17-18,20H2,1-5H3,(H,29,32).